The van der Waals surface area contributed by atoms with E-state index in [9.17, 15) is 9.59 Å². The maximum absolute atomic E-state index is 13.2. The van der Waals surface area contributed by atoms with Crippen molar-refractivity contribution in [2.45, 2.75) is 46.3 Å². The van der Waals surface area contributed by atoms with Crippen molar-refractivity contribution in [3.63, 3.8) is 0 Å². The van der Waals surface area contributed by atoms with Gasteiger partial charge in [0.05, 0.1) is 12.1 Å². The highest BCUT2D eigenvalue weighted by Gasteiger charge is 2.32. The highest BCUT2D eigenvalue weighted by molar-refractivity contribution is 5.83. The Kier molecular flexibility index (Phi) is 9.68. The molecule has 0 aliphatic heterocycles. The predicted molar refractivity (Wildman–Crippen MR) is 154 cm³/mol. The van der Waals surface area contributed by atoms with Crippen LogP contribution in [0.4, 0.5) is 4.79 Å². The average molecular weight is 525 g/mol. The topological polar surface area (TPSA) is 68.7 Å². The van der Waals surface area contributed by atoms with Crippen molar-refractivity contribution in [2.75, 3.05) is 13.2 Å². The maximum atomic E-state index is 13.2. The number of hydrogen-bond acceptors (Lipinski definition) is 5. The van der Waals surface area contributed by atoms with Gasteiger partial charge in [-0.05, 0) is 54.5 Å². The molecule has 0 spiro atoms. The van der Waals surface area contributed by atoms with Crippen LogP contribution in [0.5, 0.6) is 0 Å². The smallest absolute Gasteiger partial charge is 0.410 e. The first-order valence-corrected chi connectivity index (χ1v) is 13.5. The first-order chi connectivity index (χ1) is 18.9. The van der Waals surface area contributed by atoms with Crippen LogP contribution >= 0.6 is 0 Å². The molecular formula is C33H36N2O4. The number of aromatic nitrogens is 1. The van der Waals surface area contributed by atoms with Gasteiger partial charge in [0.2, 0.25) is 0 Å². The lowest BCUT2D eigenvalue weighted by molar-refractivity contribution is -0.151. The van der Waals surface area contributed by atoms with Gasteiger partial charge >= 0.3 is 12.1 Å². The fraction of sp³-hybridized carbons (Fsp3) is 0.303. The van der Waals surface area contributed by atoms with Gasteiger partial charge < -0.3 is 9.47 Å². The second-order valence-electron chi connectivity index (χ2n) is 9.99. The lowest BCUT2D eigenvalue weighted by atomic mass is 10.0. The van der Waals surface area contributed by atoms with Crippen molar-refractivity contribution < 1.29 is 19.1 Å². The third-order valence-electron chi connectivity index (χ3n) is 6.59. The largest absolute Gasteiger partial charge is 0.459 e. The molecule has 0 unspecified atom stereocenters. The molecule has 39 heavy (non-hydrogen) atoms. The Balaban J connectivity index is 1.47. The van der Waals surface area contributed by atoms with Crippen LogP contribution in [0.1, 0.15) is 38.3 Å². The number of hydrogen-bond donors (Lipinski definition) is 0. The van der Waals surface area contributed by atoms with Crippen molar-refractivity contribution >= 4 is 23.0 Å². The summed E-state index contributed by atoms with van der Waals surface area (Å²) in [7, 11) is 0. The third kappa shape index (κ3) is 7.66. The molecule has 0 N–H and O–H groups in total. The normalized spacial score (nSPS) is 11.8. The monoisotopic (exact) mass is 524 g/mol. The Labute approximate surface area is 230 Å². The van der Waals surface area contributed by atoms with Gasteiger partial charge in [0.15, 0.2) is 0 Å². The molecule has 202 valence electrons. The van der Waals surface area contributed by atoms with Gasteiger partial charge in [-0.15, -0.1) is 0 Å². The molecular weight excluding hydrogens is 488 g/mol. The Morgan fingerprint density at radius 1 is 0.846 bits per heavy atom. The Bertz CT molecular complexity index is 1370. The van der Waals surface area contributed by atoms with E-state index in [0.29, 0.717) is 19.4 Å². The molecule has 4 rings (SSSR count). The lowest BCUT2D eigenvalue weighted by Crippen LogP contribution is -2.47. The van der Waals surface area contributed by atoms with E-state index in [0.717, 1.165) is 33.2 Å². The number of rotatable bonds is 11. The second-order valence-corrected chi connectivity index (χ2v) is 9.99. The minimum Gasteiger partial charge on any atom is -0.459 e. The number of amides is 1. The van der Waals surface area contributed by atoms with E-state index in [1.54, 1.807) is 6.92 Å². The maximum Gasteiger partial charge on any atom is 0.410 e. The lowest BCUT2D eigenvalue weighted by Gasteiger charge is -2.30. The molecule has 3 aromatic carbocycles. The van der Waals surface area contributed by atoms with Crippen LogP contribution < -0.4 is 0 Å². The third-order valence-corrected chi connectivity index (χ3v) is 6.59. The van der Waals surface area contributed by atoms with Crippen molar-refractivity contribution in [2.24, 2.45) is 5.92 Å². The van der Waals surface area contributed by atoms with E-state index in [2.05, 4.69) is 41.4 Å². The number of nitrogens with zero attached hydrogens (tertiary/aromatic N) is 2. The summed E-state index contributed by atoms with van der Waals surface area (Å²) in [5.41, 5.74) is 5.05. The van der Waals surface area contributed by atoms with E-state index in [1.807, 2.05) is 68.6 Å². The van der Waals surface area contributed by atoms with Crippen LogP contribution in [-0.2, 0) is 27.3 Å². The number of fused-ring (bicyclic) bond motifs is 1. The first kappa shape index (κ1) is 27.8. The van der Waals surface area contributed by atoms with Gasteiger partial charge in [-0.2, -0.15) is 0 Å². The fourth-order valence-corrected chi connectivity index (χ4v) is 4.55. The molecule has 1 aromatic heterocycles. The highest BCUT2D eigenvalue weighted by Crippen LogP contribution is 2.24. The Morgan fingerprint density at radius 3 is 2.28 bits per heavy atom. The van der Waals surface area contributed by atoms with Crippen LogP contribution in [0.15, 0.2) is 91.1 Å². The van der Waals surface area contributed by atoms with Crippen LogP contribution in [0, 0.1) is 5.92 Å². The van der Waals surface area contributed by atoms with E-state index in [4.69, 9.17) is 9.47 Å². The number of pyridine rings is 1. The number of carbonyl (C=O) groups excluding carboxylic acids is 2. The second kappa shape index (κ2) is 13.6. The van der Waals surface area contributed by atoms with E-state index in [1.165, 1.54) is 4.90 Å². The SMILES string of the molecule is CCOC(=O)N(CCc1ccc(-c2cnc3ccccc3c2)cc1)[C@@H](CC(C)C)C(=O)OCc1ccccc1. The molecule has 0 saturated heterocycles. The van der Waals surface area contributed by atoms with E-state index < -0.39 is 18.1 Å². The van der Waals surface area contributed by atoms with Gasteiger partial charge in [-0.1, -0.05) is 86.6 Å². The predicted octanol–water partition coefficient (Wildman–Crippen LogP) is 7.06. The zero-order chi connectivity index (χ0) is 27.6. The Morgan fingerprint density at radius 2 is 1.56 bits per heavy atom. The average Bonchev–Trinajstić information content (AvgIpc) is 2.96. The molecule has 1 atom stereocenters. The van der Waals surface area contributed by atoms with Crippen LogP contribution in [0.2, 0.25) is 0 Å². The summed E-state index contributed by atoms with van der Waals surface area (Å²) in [6.45, 7) is 6.56. The summed E-state index contributed by atoms with van der Waals surface area (Å²) in [4.78, 5) is 32.3. The van der Waals surface area contributed by atoms with E-state index in [-0.39, 0.29) is 19.1 Å². The van der Waals surface area contributed by atoms with Crippen LogP contribution in [0.25, 0.3) is 22.0 Å². The molecule has 0 radical (unpaired) electrons. The van der Waals surface area contributed by atoms with Crippen molar-refractivity contribution in [1.29, 1.82) is 0 Å². The standard InChI is InChI=1S/C33H36N2O4/c1-4-38-33(37)35(31(20-24(2)3)32(36)39-23-26-10-6-5-7-11-26)19-18-25-14-16-27(17-15-25)29-21-28-12-8-9-13-30(28)34-22-29/h5-17,21-22,24,31H,4,18-20,23H2,1-3H3/t31-/m0/s1. The molecule has 0 bridgehead atoms. The molecule has 0 fully saturated rings. The molecule has 6 nitrogen and oxygen atoms in total. The fourth-order valence-electron chi connectivity index (χ4n) is 4.55. The Hall–Kier alpha value is -4.19. The summed E-state index contributed by atoms with van der Waals surface area (Å²) in [6.07, 6.45) is 2.45. The number of benzene rings is 3. The molecule has 1 heterocycles. The van der Waals surface area contributed by atoms with Gasteiger partial charge in [0.25, 0.3) is 0 Å². The van der Waals surface area contributed by atoms with Gasteiger partial charge in [-0.3, -0.25) is 9.88 Å². The quantitative estimate of drug-likeness (QED) is 0.197. The summed E-state index contributed by atoms with van der Waals surface area (Å²) >= 11 is 0. The van der Waals surface area contributed by atoms with Crippen LogP contribution in [-0.4, -0.2) is 41.1 Å². The molecule has 4 aromatic rings. The summed E-state index contributed by atoms with van der Waals surface area (Å²) < 4.78 is 11.0. The molecule has 0 aliphatic rings. The highest BCUT2D eigenvalue weighted by atomic mass is 16.6. The minimum absolute atomic E-state index is 0.163. The minimum atomic E-state index is -0.726. The zero-order valence-electron chi connectivity index (χ0n) is 22.9. The summed E-state index contributed by atoms with van der Waals surface area (Å²) in [5, 5.41) is 1.10. The zero-order valence-corrected chi connectivity index (χ0v) is 22.9. The molecule has 6 heteroatoms. The summed E-state index contributed by atoms with van der Waals surface area (Å²) in [6, 6.07) is 27.2. The van der Waals surface area contributed by atoms with Gasteiger partial charge in [-0.25, -0.2) is 9.59 Å². The van der Waals surface area contributed by atoms with Crippen molar-refractivity contribution in [1.82, 2.24) is 9.88 Å². The number of esters is 1. The van der Waals surface area contributed by atoms with Gasteiger partial charge in [0.1, 0.15) is 12.6 Å². The molecule has 0 saturated carbocycles. The first-order valence-electron chi connectivity index (χ1n) is 13.5. The molecule has 1 amide bonds. The van der Waals surface area contributed by atoms with E-state index >= 15 is 0 Å². The summed E-state index contributed by atoms with van der Waals surface area (Å²) in [5.74, 6) is -0.231. The van der Waals surface area contributed by atoms with Crippen LogP contribution in [0.3, 0.4) is 0 Å². The van der Waals surface area contributed by atoms with Crippen molar-refractivity contribution in [3.05, 3.63) is 102 Å². The van der Waals surface area contributed by atoms with Crippen molar-refractivity contribution in [3.8, 4) is 11.1 Å². The number of carbonyl (C=O) groups is 2. The van der Waals surface area contributed by atoms with Gasteiger partial charge in [0, 0.05) is 23.7 Å². The number of para-hydroxylation sites is 1. The molecule has 0 aliphatic carbocycles. The number of ether oxygens (including phenoxy) is 2.